The van der Waals surface area contributed by atoms with E-state index in [1.165, 1.54) is 23.0 Å². The summed E-state index contributed by atoms with van der Waals surface area (Å²) >= 11 is 0. The van der Waals surface area contributed by atoms with Crippen LogP contribution in [-0.2, 0) is 13.1 Å². The van der Waals surface area contributed by atoms with Crippen molar-refractivity contribution in [3.8, 4) is 0 Å². The van der Waals surface area contributed by atoms with Gasteiger partial charge in [0.05, 0.1) is 6.54 Å². The molecule has 0 aliphatic rings. The molecule has 154 valence electrons. The number of carbonyl (C=O) groups excluding carboxylic acids is 1. The highest BCUT2D eigenvalue weighted by molar-refractivity contribution is 5.92. The third-order valence-electron chi connectivity index (χ3n) is 5.53. The van der Waals surface area contributed by atoms with Crippen molar-refractivity contribution in [2.24, 2.45) is 5.92 Å². The summed E-state index contributed by atoms with van der Waals surface area (Å²) in [6.07, 6.45) is 2.34. The van der Waals surface area contributed by atoms with Gasteiger partial charge in [0.25, 0.3) is 5.91 Å². The zero-order chi connectivity index (χ0) is 20.8. The van der Waals surface area contributed by atoms with Gasteiger partial charge in [-0.15, -0.1) is 0 Å². The standard InChI is InChI=1S/C23H35N3O2/c1-8-18(6)24-23(27)21-14-28-22(25-21)13-26(19(7)15(2)3)12-20-11-16(4)9-10-17(20)5/h9-11,14-15,18-19H,8,12-13H2,1-7H3,(H,24,27)/t18-,19-/m1/s1. The number of nitrogens with one attached hydrogen (secondary N) is 1. The molecular formula is C23H35N3O2. The van der Waals surface area contributed by atoms with Crippen LogP contribution in [0, 0.1) is 19.8 Å². The van der Waals surface area contributed by atoms with E-state index in [-0.39, 0.29) is 11.9 Å². The second kappa shape index (κ2) is 9.87. The Labute approximate surface area is 169 Å². The molecule has 0 bridgehead atoms. The van der Waals surface area contributed by atoms with Crippen molar-refractivity contribution in [2.45, 2.75) is 80.1 Å². The SMILES string of the molecule is CC[C@@H](C)NC(=O)c1coc(CN(Cc2cc(C)ccc2C)[C@H](C)C(C)C)n1. The van der Waals surface area contributed by atoms with Crippen LogP contribution >= 0.6 is 0 Å². The van der Waals surface area contributed by atoms with E-state index in [9.17, 15) is 4.79 Å². The maximum atomic E-state index is 12.3. The minimum absolute atomic E-state index is 0.120. The first-order valence-electron chi connectivity index (χ1n) is 10.3. The van der Waals surface area contributed by atoms with Crippen molar-refractivity contribution in [3.05, 3.63) is 52.7 Å². The quantitative estimate of drug-likeness (QED) is 0.669. The number of rotatable bonds is 9. The van der Waals surface area contributed by atoms with Crippen LogP contribution in [-0.4, -0.2) is 27.9 Å². The average molecular weight is 386 g/mol. The molecule has 0 saturated carbocycles. The maximum absolute atomic E-state index is 12.3. The Bertz CT molecular complexity index is 782. The van der Waals surface area contributed by atoms with Crippen LogP contribution in [0.25, 0.3) is 0 Å². The Morgan fingerprint density at radius 2 is 1.89 bits per heavy atom. The predicted molar refractivity (Wildman–Crippen MR) is 113 cm³/mol. The molecule has 0 unspecified atom stereocenters. The Hall–Kier alpha value is -2.14. The van der Waals surface area contributed by atoms with Gasteiger partial charge in [-0.05, 0) is 51.2 Å². The number of amides is 1. The van der Waals surface area contributed by atoms with E-state index in [2.05, 4.69) is 68.0 Å². The summed E-state index contributed by atoms with van der Waals surface area (Å²) in [5.41, 5.74) is 4.21. The molecule has 2 atom stereocenters. The van der Waals surface area contributed by atoms with Gasteiger partial charge >= 0.3 is 0 Å². The number of aromatic nitrogens is 1. The van der Waals surface area contributed by atoms with Crippen molar-refractivity contribution in [3.63, 3.8) is 0 Å². The van der Waals surface area contributed by atoms with Crippen molar-refractivity contribution in [2.75, 3.05) is 0 Å². The minimum atomic E-state index is -0.178. The molecule has 0 spiro atoms. The van der Waals surface area contributed by atoms with E-state index >= 15 is 0 Å². The van der Waals surface area contributed by atoms with Crippen molar-refractivity contribution in [1.82, 2.24) is 15.2 Å². The summed E-state index contributed by atoms with van der Waals surface area (Å²) in [5.74, 6) is 0.891. The van der Waals surface area contributed by atoms with Gasteiger partial charge in [-0.3, -0.25) is 9.69 Å². The van der Waals surface area contributed by atoms with E-state index in [1.54, 1.807) is 0 Å². The zero-order valence-electron chi connectivity index (χ0n) is 18.4. The number of nitrogens with zero attached hydrogens (tertiary/aromatic N) is 2. The molecule has 0 radical (unpaired) electrons. The van der Waals surface area contributed by atoms with Crippen LogP contribution in [0.4, 0.5) is 0 Å². The number of oxazole rings is 1. The van der Waals surface area contributed by atoms with Gasteiger partial charge in [0, 0.05) is 18.6 Å². The lowest BCUT2D eigenvalue weighted by atomic mass is 10.0. The van der Waals surface area contributed by atoms with Crippen LogP contribution in [0.1, 0.15) is 74.1 Å². The number of benzene rings is 1. The van der Waals surface area contributed by atoms with Crippen molar-refractivity contribution >= 4 is 5.91 Å². The second-order valence-electron chi connectivity index (χ2n) is 8.23. The summed E-state index contributed by atoms with van der Waals surface area (Å²) in [6, 6.07) is 7.03. The van der Waals surface area contributed by atoms with E-state index in [0.29, 0.717) is 30.1 Å². The van der Waals surface area contributed by atoms with Crippen LogP contribution in [0.15, 0.2) is 28.9 Å². The molecule has 1 N–H and O–H groups in total. The first kappa shape index (κ1) is 22.2. The van der Waals surface area contributed by atoms with Gasteiger partial charge in [-0.25, -0.2) is 4.98 Å². The molecule has 1 aromatic heterocycles. The van der Waals surface area contributed by atoms with E-state index in [0.717, 1.165) is 13.0 Å². The lowest BCUT2D eigenvalue weighted by molar-refractivity contribution is 0.0934. The smallest absolute Gasteiger partial charge is 0.273 e. The zero-order valence-corrected chi connectivity index (χ0v) is 18.4. The monoisotopic (exact) mass is 385 g/mol. The van der Waals surface area contributed by atoms with Gasteiger partial charge in [-0.2, -0.15) is 0 Å². The molecule has 0 aliphatic heterocycles. The second-order valence-corrected chi connectivity index (χ2v) is 8.23. The fourth-order valence-electron chi connectivity index (χ4n) is 3.02. The summed E-state index contributed by atoms with van der Waals surface area (Å²) in [7, 11) is 0. The average Bonchev–Trinajstić information content (AvgIpc) is 3.12. The topological polar surface area (TPSA) is 58.4 Å². The molecule has 1 heterocycles. The fourth-order valence-corrected chi connectivity index (χ4v) is 3.02. The molecule has 5 heteroatoms. The van der Waals surface area contributed by atoms with E-state index < -0.39 is 0 Å². The molecule has 0 aliphatic carbocycles. The molecule has 1 aromatic carbocycles. The highest BCUT2D eigenvalue weighted by atomic mass is 16.3. The number of hydrogen-bond donors (Lipinski definition) is 1. The lowest BCUT2D eigenvalue weighted by Gasteiger charge is -2.31. The van der Waals surface area contributed by atoms with Crippen LogP contribution in [0.3, 0.4) is 0 Å². The Kier molecular flexibility index (Phi) is 7.81. The van der Waals surface area contributed by atoms with Gasteiger partial charge in [0.2, 0.25) is 5.89 Å². The maximum Gasteiger partial charge on any atom is 0.273 e. The normalized spacial score (nSPS) is 13.8. The predicted octanol–water partition coefficient (Wildman–Crippen LogP) is 4.87. The highest BCUT2D eigenvalue weighted by Gasteiger charge is 2.22. The third-order valence-corrected chi connectivity index (χ3v) is 5.53. The van der Waals surface area contributed by atoms with Gasteiger partial charge < -0.3 is 9.73 Å². The molecule has 5 nitrogen and oxygen atoms in total. The number of hydrogen-bond acceptors (Lipinski definition) is 4. The van der Waals surface area contributed by atoms with Crippen LogP contribution < -0.4 is 5.32 Å². The summed E-state index contributed by atoms with van der Waals surface area (Å²) in [4.78, 5) is 19.1. The number of aryl methyl sites for hydroxylation is 2. The van der Waals surface area contributed by atoms with Crippen LogP contribution in [0.2, 0.25) is 0 Å². The third kappa shape index (κ3) is 5.93. The van der Waals surface area contributed by atoms with Crippen molar-refractivity contribution in [1.29, 1.82) is 0 Å². The molecule has 0 fully saturated rings. The largest absolute Gasteiger partial charge is 0.447 e. The lowest BCUT2D eigenvalue weighted by Crippen LogP contribution is -2.36. The fraction of sp³-hybridized carbons (Fsp3) is 0.565. The summed E-state index contributed by atoms with van der Waals surface area (Å²) < 4.78 is 5.64. The molecule has 2 rings (SSSR count). The molecule has 28 heavy (non-hydrogen) atoms. The molecular weight excluding hydrogens is 350 g/mol. The van der Waals surface area contributed by atoms with E-state index in [1.807, 2.05) is 13.8 Å². The summed E-state index contributed by atoms with van der Waals surface area (Å²) in [5, 5.41) is 2.93. The Morgan fingerprint density at radius 1 is 1.18 bits per heavy atom. The molecule has 2 aromatic rings. The molecule has 1 amide bonds. The van der Waals surface area contributed by atoms with Crippen molar-refractivity contribution < 1.29 is 9.21 Å². The Morgan fingerprint density at radius 3 is 2.54 bits per heavy atom. The number of carbonyl (C=O) groups is 1. The first-order valence-corrected chi connectivity index (χ1v) is 10.3. The van der Waals surface area contributed by atoms with Crippen LogP contribution in [0.5, 0.6) is 0 Å². The summed E-state index contributed by atoms with van der Waals surface area (Å²) in [6.45, 7) is 16.4. The highest BCUT2D eigenvalue weighted by Crippen LogP contribution is 2.20. The minimum Gasteiger partial charge on any atom is -0.447 e. The van der Waals surface area contributed by atoms with Gasteiger partial charge in [0.15, 0.2) is 5.69 Å². The Balaban J connectivity index is 2.17. The molecule has 0 saturated heterocycles. The van der Waals surface area contributed by atoms with Gasteiger partial charge in [0.1, 0.15) is 6.26 Å². The van der Waals surface area contributed by atoms with E-state index in [4.69, 9.17) is 4.42 Å². The first-order chi connectivity index (χ1) is 13.2. The van der Waals surface area contributed by atoms with Gasteiger partial charge in [-0.1, -0.05) is 44.5 Å².